The molecule has 6 rings (SSSR count). The number of carbonyl (C=O) groups excluding carboxylic acids is 4. The minimum Gasteiger partial charge on any atom is -0.493 e. The predicted molar refractivity (Wildman–Crippen MR) is 184 cm³/mol. The molecule has 13 nitrogen and oxygen atoms in total. The van der Waals surface area contributed by atoms with Crippen molar-refractivity contribution in [3.05, 3.63) is 102 Å². The molecule has 266 valence electrons. The van der Waals surface area contributed by atoms with Crippen LogP contribution in [0.4, 0.5) is 4.39 Å². The predicted octanol–water partition coefficient (Wildman–Crippen LogP) is 3.18. The topological polar surface area (TPSA) is 148 Å². The molecule has 2 N–H and O–H groups in total. The monoisotopic (exact) mass is 697 g/mol. The molecule has 0 saturated carbocycles. The van der Waals surface area contributed by atoms with Crippen molar-refractivity contribution < 1.29 is 33.0 Å². The van der Waals surface area contributed by atoms with Crippen LogP contribution in [0.1, 0.15) is 52.1 Å². The SMILES string of the molecule is COc1ccc2cc1O[C@H]1C[C@@H](C(=O)NCCCCN(C(=O)Cc3cccc(F)c3)CCCNC2=O)N(C(=O)c2cn(-c3ccccc3)nn2)C1. The average Bonchev–Trinajstić information content (AvgIpc) is 3.80. The number of carbonyl (C=O) groups is 4. The normalized spacial score (nSPS) is 18.8. The van der Waals surface area contributed by atoms with Crippen LogP contribution in [0.25, 0.3) is 5.69 Å². The van der Waals surface area contributed by atoms with Crippen LogP contribution in [0.2, 0.25) is 0 Å². The second-order valence-electron chi connectivity index (χ2n) is 12.5. The van der Waals surface area contributed by atoms with Gasteiger partial charge in [-0.15, -0.1) is 5.10 Å². The van der Waals surface area contributed by atoms with E-state index in [-0.39, 0.29) is 42.8 Å². The molecule has 0 radical (unpaired) electrons. The van der Waals surface area contributed by atoms with E-state index in [9.17, 15) is 23.6 Å². The van der Waals surface area contributed by atoms with E-state index in [4.69, 9.17) is 9.47 Å². The van der Waals surface area contributed by atoms with Gasteiger partial charge in [0, 0.05) is 38.2 Å². The molecule has 2 atom stereocenters. The van der Waals surface area contributed by atoms with Crippen molar-refractivity contribution in [3.63, 3.8) is 0 Å². The van der Waals surface area contributed by atoms with Crippen molar-refractivity contribution in [2.75, 3.05) is 39.8 Å². The summed E-state index contributed by atoms with van der Waals surface area (Å²) in [6.07, 6.45) is 2.82. The molecule has 3 heterocycles. The van der Waals surface area contributed by atoms with E-state index in [2.05, 4.69) is 20.9 Å². The molecule has 0 unspecified atom stereocenters. The van der Waals surface area contributed by atoms with Gasteiger partial charge in [-0.25, -0.2) is 9.07 Å². The molecule has 4 bridgehead atoms. The lowest BCUT2D eigenvalue weighted by Crippen LogP contribution is -2.46. The largest absolute Gasteiger partial charge is 0.493 e. The van der Waals surface area contributed by atoms with Gasteiger partial charge in [-0.1, -0.05) is 35.5 Å². The van der Waals surface area contributed by atoms with Crippen LogP contribution in [0.15, 0.2) is 79.0 Å². The average molecular weight is 698 g/mol. The molecule has 2 aliphatic rings. The van der Waals surface area contributed by atoms with E-state index in [1.807, 2.05) is 30.3 Å². The lowest BCUT2D eigenvalue weighted by molar-refractivity contribution is -0.130. The second kappa shape index (κ2) is 16.3. The third-order valence-corrected chi connectivity index (χ3v) is 8.92. The summed E-state index contributed by atoms with van der Waals surface area (Å²) in [5.41, 5.74) is 1.71. The molecular weight excluding hydrogens is 657 g/mol. The number of ether oxygens (including phenoxy) is 2. The Morgan fingerprint density at radius 2 is 1.76 bits per heavy atom. The highest BCUT2D eigenvalue weighted by Crippen LogP contribution is 2.32. The lowest BCUT2D eigenvalue weighted by atomic mass is 10.1. The quantitative estimate of drug-likeness (QED) is 0.323. The zero-order valence-electron chi connectivity index (χ0n) is 28.3. The first-order valence-corrected chi connectivity index (χ1v) is 17.0. The van der Waals surface area contributed by atoms with Crippen molar-refractivity contribution in [3.8, 4) is 17.2 Å². The van der Waals surface area contributed by atoms with Gasteiger partial charge in [0.05, 0.1) is 32.0 Å². The lowest BCUT2D eigenvalue weighted by Gasteiger charge is -2.24. The number of amides is 4. The summed E-state index contributed by atoms with van der Waals surface area (Å²) in [6, 6.07) is 19.2. The first kappa shape index (κ1) is 35.1. The number of likely N-dealkylation sites (tertiary alicyclic amines) is 1. The Morgan fingerprint density at radius 3 is 2.57 bits per heavy atom. The molecule has 1 fully saturated rings. The van der Waals surface area contributed by atoms with Gasteiger partial charge in [-0.05, 0) is 67.3 Å². The van der Waals surface area contributed by atoms with Crippen molar-refractivity contribution in [1.29, 1.82) is 0 Å². The molecule has 2 aliphatic heterocycles. The van der Waals surface area contributed by atoms with Gasteiger partial charge in [0.25, 0.3) is 11.8 Å². The molecule has 51 heavy (non-hydrogen) atoms. The van der Waals surface area contributed by atoms with E-state index in [1.165, 1.54) is 35.0 Å². The van der Waals surface area contributed by atoms with E-state index in [0.717, 1.165) is 5.69 Å². The number of nitrogens with one attached hydrogen (secondary N) is 2. The highest BCUT2D eigenvalue weighted by molar-refractivity contribution is 5.97. The van der Waals surface area contributed by atoms with E-state index in [0.29, 0.717) is 68.1 Å². The maximum absolute atomic E-state index is 13.9. The zero-order chi connectivity index (χ0) is 35.7. The summed E-state index contributed by atoms with van der Waals surface area (Å²) < 4.78 is 27.1. The molecule has 14 heteroatoms. The van der Waals surface area contributed by atoms with Crippen LogP contribution in [-0.4, -0.2) is 100 Å². The summed E-state index contributed by atoms with van der Waals surface area (Å²) >= 11 is 0. The van der Waals surface area contributed by atoms with Crippen LogP contribution in [0, 0.1) is 5.82 Å². The maximum atomic E-state index is 13.9. The zero-order valence-corrected chi connectivity index (χ0v) is 28.3. The van der Waals surface area contributed by atoms with Crippen LogP contribution in [0.3, 0.4) is 0 Å². The van der Waals surface area contributed by atoms with Crippen LogP contribution in [0.5, 0.6) is 11.5 Å². The number of nitrogens with zero attached hydrogens (tertiary/aromatic N) is 5. The highest BCUT2D eigenvalue weighted by atomic mass is 19.1. The number of rotatable bonds is 5. The number of halogens is 1. The van der Waals surface area contributed by atoms with Gasteiger partial charge >= 0.3 is 0 Å². The number of hydrogen-bond donors (Lipinski definition) is 2. The molecule has 4 amide bonds. The summed E-state index contributed by atoms with van der Waals surface area (Å²) in [6.45, 7) is 1.52. The third kappa shape index (κ3) is 8.69. The fourth-order valence-corrected chi connectivity index (χ4v) is 6.29. The minimum atomic E-state index is -0.867. The summed E-state index contributed by atoms with van der Waals surface area (Å²) in [5.74, 6) is -1.03. The first-order chi connectivity index (χ1) is 24.8. The molecule has 3 aromatic carbocycles. The van der Waals surface area contributed by atoms with Crippen molar-refractivity contribution >= 4 is 23.6 Å². The number of hydrogen-bond acceptors (Lipinski definition) is 8. The first-order valence-electron chi connectivity index (χ1n) is 17.0. The Hall–Kier alpha value is -5.79. The molecule has 1 saturated heterocycles. The van der Waals surface area contributed by atoms with Gasteiger partial charge in [-0.3, -0.25) is 19.2 Å². The van der Waals surface area contributed by atoms with Gasteiger partial charge in [0.15, 0.2) is 17.2 Å². The van der Waals surface area contributed by atoms with Crippen LogP contribution in [-0.2, 0) is 16.0 Å². The van der Waals surface area contributed by atoms with E-state index >= 15 is 0 Å². The Kier molecular flexibility index (Phi) is 11.2. The Labute approximate surface area is 294 Å². The Morgan fingerprint density at radius 1 is 0.961 bits per heavy atom. The second-order valence-corrected chi connectivity index (χ2v) is 12.5. The van der Waals surface area contributed by atoms with E-state index < -0.39 is 23.9 Å². The van der Waals surface area contributed by atoms with Gasteiger partial charge in [0.2, 0.25) is 11.8 Å². The Bertz CT molecular complexity index is 1870. The fourth-order valence-electron chi connectivity index (χ4n) is 6.29. The van der Waals surface area contributed by atoms with Gasteiger partial charge < -0.3 is 29.9 Å². The molecule has 0 spiro atoms. The molecule has 4 aromatic rings. The summed E-state index contributed by atoms with van der Waals surface area (Å²) in [4.78, 5) is 57.1. The maximum Gasteiger partial charge on any atom is 0.276 e. The summed E-state index contributed by atoms with van der Waals surface area (Å²) in [7, 11) is 1.49. The molecule has 1 aromatic heterocycles. The number of para-hydroxylation sites is 1. The van der Waals surface area contributed by atoms with Crippen molar-refractivity contribution in [2.24, 2.45) is 0 Å². The van der Waals surface area contributed by atoms with Crippen molar-refractivity contribution in [2.45, 2.75) is 44.2 Å². The third-order valence-electron chi connectivity index (χ3n) is 8.92. The van der Waals surface area contributed by atoms with Gasteiger partial charge in [0.1, 0.15) is 18.0 Å². The van der Waals surface area contributed by atoms with Crippen LogP contribution >= 0.6 is 0 Å². The summed E-state index contributed by atoms with van der Waals surface area (Å²) in [5, 5.41) is 14.1. The van der Waals surface area contributed by atoms with Crippen molar-refractivity contribution in [1.82, 2.24) is 35.4 Å². The van der Waals surface area contributed by atoms with Crippen LogP contribution < -0.4 is 20.1 Å². The minimum absolute atomic E-state index is 0.0430. The van der Waals surface area contributed by atoms with E-state index in [1.54, 1.807) is 35.2 Å². The molecular formula is C37H40FN7O6. The number of aromatic nitrogens is 3. The molecule has 0 aliphatic carbocycles. The van der Waals surface area contributed by atoms with Gasteiger partial charge in [-0.2, -0.15) is 0 Å². The highest BCUT2D eigenvalue weighted by Gasteiger charge is 2.42. The number of fused-ring (bicyclic) bond motifs is 4. The number of benzene rings is 3. The standard InChI is InChI=1S/C37H40FN7O6/c1-50-32-14-13-26-21-33(32)51-29-22-31(44(23-29)37(49)30-24-45(42-41-30)28-11-3-2-4-12-28)36(48)40-15-5-6-17-43(18-8-16-39-35(26)47)34(46)20-25-9-7-10-27(38)19-25/h2-4,7,9-14,19,21,24,29,31H,5-6,8,15-18,20,22-23H2,1H3,(H,39,47)(H,40,48)/t29-,31-/m0/s1. The number of methoxy groups -OCH3 is 1. The Balaban J connectivity index is 1.22. The smallest absolute Gasteiger partial charge is 0.276 e. The fraction of sp³-hybridized carbons (Fsp3) is 0.351.